The largest absolute Gasteiger partial charge is 0.452 e. The molecule has 2 unspecified atom stereocenters. The Hall–Kier alpha value is -1.85. The molecular weight excluding hydrogens is 258 g/mol. The number of aromatic nitrogens is 2. The van der Waals surface area contributed by atoms with Crippen LogP contribution >= 0.6 is 0 Å². The summed E-state index contributed by atoms with van der Waals surface area (Å²) in [5.41, 5.74) is 0. The Balaban J connectivity index is 2.67. The van der Waals surface area contributed by atoms with E-state index in [0.29, 0.717) is 5.82 Å². The highest BCUT2D eigenvalue weighted by atomic mass is 16.5. The number of hydrogen-bond acceptors (Lipinski definition) is 4. The maximum absolute atomic E-state index is 12.0. The number of hydrogen-bond donors (Lipinski definition) is 1. The standard InChI is InChI=1S/C14H23N3O3/c1-6-10(4)17-12(7-8-15-17)16-13(18)11(5)20-14(19)9(2)3/h7-11H,6H2,1-5H3,(H,16,18). The lowest BCUT2D eigenvalue weighted by Crippen LogP contribution is -2.32. The smallest absolute Gasteiger partial charge is 0.309 e. The van der Waals surface area contributed by atoms with Crippen LogP contribution in [0.3, 0.4) is 0 Å². The molecule has 0 aliphatic carbocycles. The minimum absolute atomic E-state index is 0.189. The number of carbonyl (C=O) groups excluding carboxylic acids is 2. The Labute approximate surface area is 119 Å². The van der Waals surface area contributed by atoms with Gasteiger partial charge in [0.1, 0.15) is 5.82 Å². The van der Waals surface area contributed by atoms with Gasteiger partial charge in [-0.05, 0) is 20.3 Å². The lowest BCUT2D eigenvalue weighted by molar-refractivity contribution is -0.156. The van der Waals surface area contributed by atoms with E-state index in [4.69, 9.17) is 4.74 Å². The molecule has 0 radical (unpaired) electrons. The molecule has 1 aromatic rings. The maximum Gasteiger partial charge on any atom is 0.309 e. The number of amides is 1. The summed E-state index contributed by atoms with van der Waals surface area (Å²) < 4.78 is 6.81. The molecule has 0 fully saturated rings. The van der Waals surface area contributed by atoms with Crippen molar-refractivity contribution in [1.29, 1.82) is 0 Å². The third kappa shape index (κ3) is 4.08. The van der Waals surface area contributed by atoms with Gasteiger partial charge in [-0.1, -0.05) is 20.8 Å². The fourth-order valence-corrected chi connectivity index (χ4v) is 1.53. The van der Waals surface area contributed by atoms with Crippen molar-refractivity contribution in [2.45, 2.75) is 53.2 Å². The summed E-state index contributed by atoms with van der Waals surface area (Å²) in [7, 11) is 0. The first-order valence-corrected chi connectivity index (χ1v) is 6.91. The number of nitrogens with one attached hydrogen (secondary N) is 1. The normalized spacial score (nSPS) is 13.9. The molecule has 1 heterocycles. The van der Waals surface area contributed by atoms with Crippen LogP contribution in [0.2, 0.25) is 0 Å². The lowest BCUT2D eigenvalue weighted by Gasteiger charge is -2.17. The van der Waals surface area contributed by atoms with E-state index in [1.165, 1.54) is 0 Å². The Bertz CT molecular complexity index is 468. The average molecular weight is 281 g/mol. The number of esters is 1. The molecule has 1 N–H and O–H groups in total. The third-order valence-corrected chi connectivity index (χ3v) is 3.06. The molecule has 20 heavy (non-hydrogen) atoms. The van der Waals surface area contributed by atoms with Crippen LogP contribution in [0.25, 0.3) is 0 Å². The summed E-state index contributed by atoms with van der Waals surface area (Å²) in [6.07, 6.45) is 1.71. The molecule has 0 aliphatic heterocycles. The summed E-state index contributed by atoms with van der Waals surface area (Å²) in [6, 6.07) is 1.91. The molecule has 0 spiro atoms. The summed E-state index contributed by atoms with van der Waals surface area (Å²) in [4.78, 5) is 23.5. The molecule has 6 heteroatoms. The maximum atomic E-state index is 12.0. The molecule has 1 amide bonds. The number of nitrogens with zero attached hydrogens (tertiary/aromatic N) is 2. The van der Waals surface area contributed by atoms with Gasteiger partial charge in [-0.2, -0.15) is 5.10 Å². The lowest BCUT2D eigenvalue weighted by atomic mass is 10.2. The number of anilines is 1. The predicted octanol–water partition coefficient (Wildman–Crippen LogP) is 2.38. The van der Waals surface area contributed by atoms with E-state index in [2.05, 4.69) is 10.4 Å². The molecule has 6 nitrogen and oxygen atoms in total. The molecule has 1 aromatic heterocycles. The van der Waals surface area contributed by atoms with Gasteiger partial charge in [0, 0.05) is 6.07 Å². The minimum Gasteiger partial charge on any atom is -0.452 e. The van der Waals surface area contributed by atoms with E-state index in [9.17, 15) is 9.59 Å². The van der Waals surface area contributed by atoms with Gasteiger partial charge in [0.15, 0.2) is 6.10 Å². The second kappa shape index (κ2) is 7.07. The number of carbonyl (C=O) groups is 2. The summed E-state index contributed by atoms with van der Waals surface area (Å²) >= 11 is 0. The van der Waals surface area contributed by atoms with Gasteiger partial charge in [0.25, 0.3) is 5.91 Å². The van der Waals surface area contributed by atoms with Crippen LogP contribution in [0.1, 0.15) is 47.1 Å². The van der Waals surface area contributed by atoms with E-state index in [0.717, 1.165) is 6.42 Å². The summed E-state index contributed by atoms with van der Waals surface area (Å²) in [5.74, 6) is -0.389. The zero-order chi connectivity index (χ0) is 15.3. The molecule has 1 rings (SSSR count). The summed E-state index contributed by atoms with van der Waals surface area (Å²) in [5, 5.41) is 6.92. The first kappa shape index (κ1) is 16.2. The quantitative estimate of drug-likeness (QED) is 0.812. The first-order chi connectivity index (χ1) is 9.36. The molecule has 112 valence electrons. The fourth-order valence-electron chi connectivity index (χ4n) is 1.53. The molecule has 0 aliphatic rings. The molecule has 2 atom stereocenters. The predicted molar refractivity (Wildman–Crippen MR) is 76.3 cm³/mol. The highest BCUT2D eigenvalue weighted by Crippen LogP contribution is 2.16. The Morgan fingerprint density at radius 3 is 2.55 bits per heavy atom. The third-order valence-electron chi connectivity index (χ3n) is 3.06. The molecule has 0 saturated carbocycles. The average Bonchev–Trinajstić information content (AvgIpc) is 2.85. The molecular formula is C14H23N3O3. The van der Waals surface area contributed by atoms with Crippen LogP contribution in [0.4, 0.5) is 5.82 Å². The van der Waals surface area contributed by atoms with E-state index >= 15 is 0 Å². The second-order valence-electron chi connectivity index (χ2n) is 5.14. The second-order valence-corrected chi connectivity index (χ2v) is 5.14. The van der Waals surface area contributed by atoms with Crippen molar-refractivity contribution in [1.82, 2.24) is 9.78 Å². The van der Waals surface area contributed by atoms with Crippen LogP contribution < -0.4 is 5.32 Å². The van der Waals surface area contributed by atoms with Gasteiger partial charge < -0.3 is 10.1 Å². The van der Waals surface area contributed by atoms with Crippen LogP contribution in [0.5, 0.6) is 0 Å². The van der Waals surface area contributed by atoms with Crippen molar-refractivity contribution in [2.75, 3.05) is 5.32 Å². The molecule has 0 bridgehead atoms. The summed E-state index contributed by atoms with van der Waals surface area (Å²) in [6.45, 7) is 9.07. The van der Waals surface area contributed by atoms with E-state index in [1.54, 1.807) is 37.7 Å². The number of rotatable bonds is 6. The van der Waals surface area contributed by atoms with Gasteiger partial charge in [-0.25, -0.2) is 4.68 Å². The monoisotopic (exact) mass is 281 g/mol. The van der Waals surface area contributed by atoms with Crippen LogP contribution in [0.15, 0.2) is 12.3 Å². The van der Waals surface area contributed by atoms with Gasteiger partial charge in [-0.3, -0.25) is 9.59 Å². The van der Waals surface area contributed by atoms with Crippen molar-refractivity contribution in [3.8, 4) is 0 Å². The van der Waals surface area contributed by atoms with Crippen LogP contribution in [0, 0.1) is 5.92 Å². The van der Waals surface area contributed by atoms with Crippen molar-refractivity contribution < 1.29 is 14.3 Å². The Morgan fingerprint density at radius 2 is 2.00 bits per heavy atom. The van der Waals surface area contributed by atoms with Crippen molar-refractivity contribution in [2.24, 2.45) is 5.92 Å². The van der Waals surface area contributed by atoms with Crippen molar-refractivity contribution in [3.05, 3.63) is 12.3 Å². The van der Waals surface area contributed by atoms with Gasteiger partial charge in [0.2, 0.25) is 0 Å². The fraction of sp³-hybridized carbons (Fsp3) is 0.643. The zero-order valence-electron chi connectivity index (χ0n) is 12.7. The van der Waals surface area contributed by atoms with Gasteiger partial charge in [-0.15, -0.1) is 0 Å². The first-order valence-electron chi connectivity index (χ1n) is 6.91. The van der Waals surface area contributed by atoms with Crippen molar-refractivity contribution in [3.63, 3.8) is 0 Å². The van der Waals surface area contributed by atoms with Crippen LogP contribution in [-0.4, -0.2) is 27.8 Å². The van der Waals surface area contributed by atoms with E-state index in [-0.39, 0.29) is 23.8 Å². The zero-order valence-corrected chi connectivity index (χ0v) is 12.7. The Kier molecular flexibility index (Phi) is 5.73. The SMILES string of the molecule is CCC(C)n1nccc1NC(=O)C(C)OC(=O)C(C)C. The highest BCUT2D eigenvalue weighted by Gasteiger charge is 2.21. The highest BCUT2D eigenvalue weighted by molar-refractivity contribution is 5.94. The Morgan fingerprint density at radius 1 is 1.35 bits per heavy atom. The minimum atomic E-state index is -0.829. The topological polar surface area (TPSA) is 73.2 Å². The van der Waals surface area contributed by atoms with Crippen molar-refractivity contribution >= 4 is 17.7 Å². The van der Waals surface area contributed by atoms with Gasteiger partial charge >= 0.3 is 5.97 Å². The van der Waals surface area contributed by atoms with Gasteiger partial charge in [0.05, 0.1) is 18.2 Å². The molecule has 0 saturated heterocycles. The van der Waals surface area contributed by atoms with E-state index in [1.807, 2.05) is 13.8 Å². The number of ether oxygens (including phenoxy) is 1. The van der Waals surface area contributed by atoms with E-state index < -0.39 is 6.10 Å². The molecule has 0 aromatic carbocycles. The van der Waals surface area contributed by atoms with Crippen LogP contribution in [-0.2, 0) is 14.3 Å².